The van der Waals surface area contributed by atoms with E-state index in [9.17, 15) is 13.2 Å². The van der Waals surface area contributed by atoms with E-state index in [1.54, 1.807) is 18.2 Å². The quantitative estimate of drug-likeness (QED) is 0.823. The summed E-state index contributed by atoms with van der Waals surface area (Å²) in [7, 11) is 0. The van der Waals surface area contributed by atoms with Gasteiger partial charge in [-0.25, -0.2) is 0 Å². The number of alkyl halides is 3. The lowest BCUT2D eigenvalue weighted by Crippen LogP contribution is -2.21. The van der Waals surface area contributed by atoms with Gasteiger partial charge >= 0.3 is 6.18 Å². The minimum absolute atomic E-state index is 0.0848. The van der Waals surface area contributed by atoms with Gasteiger partial charge in [-0.05, 0) is 17.7 Å². The van der Waals surface area contributed by atoms with Crippen molar-refractivity contribution in [1.82, 2.24) is 5.32 Å². The Morgan fingerprint density at radius 1 is 1.31 bits per heavy atom. The topological polar surface area (TPSA) is 12.0 Å². The molecule has 0 atom stereocenters. The molecule has 0 amide bonds. The van der Waals surface area contributed by atoms with E-state index in [-0.39, 0.29) is 6.54 Å². The lowest BCUT2D eigenvalue weighted by Gasteiger charge is -2.09. The van der Waals surface area contributed by atoms with E-state index in [2.05, 4.69) is 21.2 Å². The molecule has 90 valence electrons. The first-order valence-corrected chi connectivity index (χ1v) is 5.77. The van der Waals surface area contributed by atoms with Gasteiger partial charge in [-0.3, -0.25) is 0 Å². The van der Waals surface area contributed by atoms with Crippen molar-refractivity contribution in [3.8, 4) is 0 Å². The van der Waals surface area contributed by atoms with Crippen molar-refractivity contribution in [2.24, 2.45) is 0 Å². The van der Waals surface area contributed by atoms with Crippen molar-refractivity contribution in [1.29, 1.82) is 0 Å². The maximum absolute atomic E-state index is 11.8. The molecule has 0 aliphatic carbocycles. The van der Waals surface area contributed by atoms with Crippen LogP contribution in [0.15, 0.2) is 22.7 Å². The van der Waals surface area contributed by atoms with E-state index < -0.39 is 12.6 Å². The predicted molar refractivity (Wildman–Crippen MR) is 61.5 cm³/mol. The smallest absolute Gasteiger partial charge is 0.312 e. The van der Waals surface area contributed by atoms with Crippen LogP contribution >= 0.6 is 27.5 Å². The van der Waals surface area contributed by atoms with Crippen molar-refractivity contribution in [2.45, 2.75) is 19.1 Å². The van der Waals surface area contributed by atoms with Gasteiger partial charge in [0.15, 0.2) is 0 Å². The fourth-order valence-electron chi connectivity index (χ4n) is 1.12. The van der Waals surface area contributed by atoms with Gasteiger partial charge in [0.2, 0.25) is 0 Å². The Kier molecular flexibility index (Phi) is 5.08. The zero-order valence-corrected chi connectivity index (χ0v) is 10.6. The second-order valence-electron chi connectivity index (χ2n) is 3.28. The summed E-state index contributed by atoms with van der Waals surface area (Å²) in [6.45, 7) is 0.298. The molecule has 0 saturated heterocycles. The Labute approximate surface area is 105 Å². The zero-order chi connectivity index (χ0) is 12.2. The monoisotopic (exact) mass is 315 g/mol. The van der Waals surface area contributed by atoms with Crippen LogP contribution < -0.4 is 5.32 Å². The molecule has 0 aliphatic rings. The average molecular weight is 317 g/mol. The second-order valence-corrected chi connectivity index (χ2v) is 4.57. The van der Waals surface area contributed by atoms with E-state index in [0.717, 1.165) is 10.0 Å². The molecule has 0 radical (unpaired) electrons. The van der Waals surface area contributed by atoms with Crippen LogP contribution in [0.5, 0.6) is 0 Å². The SMILES string of the molecule is FC(F)(F)CCNCc1ccc(Cl)cc1Br. The number of halogens is 5. The summed E-state index contributed by atoms with van der Waals surface area (Å²) < 4.78 is 36.3. The van der Waals surface area contributed by atoms with Crippen LogP contribution in [0.2, 0.25) is 5.02 Å². The van der Waals surface area contributed by atoms with Gasteiger partial charge in [-0.2, -0.15) is 13.2 Å². The summed E-state index contributed by atoms with van der Waals surface area (Å²) in [5.74, 6) is 0. The molecular weight excluding hydrogens is 306 g/mol. The van der Waals surface area contributed by atoms with Crippen LogP contribution in [0, 0.1) is 0 Å². The number of hydrogen-bond donors (Lipinski definition) is 1. The third kappa shape index (κ3) is 5.18. The lowest BCUT2D eigenvalue weighted by molar-refractivity contribution is -0.133. The first-order valence-electron chi connectivity index (χ1n) is 4.60. The van der Waals surface area contributed by atoms with E-state index in [0.29, 0.717) is 11.6 Å². The van der Waals surface area contributed by atoms with Crippen LogP contribution in [0.4, 0.5) is 13.2 Å². The molecule has 0 saturated carbocycles. The Hall–Kier alpha value is -0.260. The third-order valence-corrected chi connectivity index (χ3v) is 2.89. The molecule has 0 aromatic heterocycles. The maximum Gasteiger partial charge on any atom is 0.390 e. The Morgan fingerprint density at radius 2 is 2.00 bits per heavy atom. The Balaban J connectivity index is 2.38. The molecule has 16 heavy (non-hydrogen) atoms. The highest BCUT2D eigenvalue weighted by atomic mass is 79.9. The van der Waals surface area contributed by atoms with Crippen molar-refractivity contribution in [2.75, 3.05) is 6.54 Å². The normalized spacial score (nSPS) is 11.8. The molecule has 1 N–H and O–H groups in total. The fourth-order valence-corrected chi connectivity index (χ4v) is 1.94. The summed E-state index contributed by atoms with van der Waals surface area (Å²) in [4.78, 5) is 0. The van der Waals surface area contributed by atoms with Crippen LogP contribution in [0.25, 0.3) is 0 Å². The fraction of sp³-hybridized carbons (Fsp3) is 0.400. The molecule has 0 bridgehead atoms. The number of nitrogens with one attached hydrogen (secondary N) is 1. The first-order chi connectivity index (χ1) is 7.38. The molecule has 1 aromatic carbocycles. The van der Waals surface area contributed by atoms with Gasteiger partial charge in [0.1, 0.15) is 0 Å². The van der Waals surface area contributed by atoms with Crippen molar-refractivity contribution in [3.63, 3.8) is 0 Å². The van der Waals surface area contributed by atoms with E-state index >= 15 is 0 Å². The van der Waals surface area contributed by atoms with Crippen molar-refractivity contribution >= 4 is 27.5 Å². The molecule has 6 heteroatoms. The van der Waals surface area contributed by atoms with E-state index in [4.69, 9.17) is 11.6 Å². The predicted octanol–water partition coefficient (Wildman–Crippen LogP) is 4.14. The van der Waals surface area contributed by atoms with Crippen molar-refractivity contribution < 1.29 is 13.2 Å². The number of rotatable bonds is 4. The van der Waals surface area contributed by atoms with Gasteiger partial charge < -0.3 is 5.32 Å². The van der Waals surface area contributed by atoms with Crippen LogP contribution in [0.3, 0.4) is 0 Å². The summed E-state index contributed by atoms with van der Waals surface area (Å²) >= 11 is 9.03. The molecule has 0 aliphatic heterocycles. The first kappa shape index (κ1) is 13.8. The molecule has 1 rings (SSSR count). The van der Waals surface area contributed by atoms with E-state index in [1.165, 1.54) is 0 Å². The molecule has 0 heterocycles. The molecule has 1 aromatic rings. The largest absolute Gasteiger partial charge is 0.390 e. The molecule has 0 fully saturated rings. The van der Waals surface area contributed by atoms with Gasteiger partial charge in [-0.1, -0.05) is 33.6 Å². The van der Waals surface area contributed by atoms with Gasteiger partial charge in [0, 0.05) is 22.6 Å². The zero-order valence-electron chi connectivity index (χ0n) is 8.24. The van der Waals surface area contributed by atoms with Gasteiger partial charge in [0.05, 0.1) is 6.42 Å². The van der Waals surface area contributed by atoms with E-state index in [1.807, 2.05) is 0 Å². The van der Waals surface area contributed by atoms with Crippen LogP contribution in [-0.2, 0) is 6.54 Å². The van der Waals surface area contributed by atoms with Gasteiger partial charge in [0.25, 0.3) is 0 Å². The second kappa shape index (κ2) is 5.89. The Morgan fingerprint density at radius 3 is 2.56 bits per heavy atom. The third-order valence-electron chi connectivity index (χ3n) is 1.92. The maximum atomic E-state index is 11.8. The van der Waals surface area contributed by atoms with Gasteiger partial charge in [-0.15, -0.1) is 0 Å². The van der Waals surface area contributed by atoms with Crippen LogP contribution in [-0.4, -0.2) is 12.7 Å². The average Bonchev–Trinajstić information content (AvgIpc) is 2.13. The lowest BCUT2D eigenvalue weighted by atomic mass is 10.2. The molecular formula is C10H10BrClF3N. The number of benzene rings is 1. The summed E-state index contributed by atoms with van der Waals surface area (Å²) in [6, 6.07) is 5.18. The summed E-state index contributed by atoms with van der Waals surface area (Å²) in [6.07, 6.45) is -4.93. The summed E-state index contributed by atoms with van der Waals surface area (Å²) in [5, 5.41) is 3.31. The number of hydrogen-bond acceptors (Lipinski definition) is 1. The minimum Gasteiger partial charge on any atom is -0.312 e. The minimum atomic E-state index is -4.11. The highest BCUT2D eigenvalue weighted by Gasteiger charge is 2.25. The highest BCUT2D eigenvalue weighted by molar-refractivity contribution is 9.10. The molecule has 0 spiro atoms. The molecule has 0 unspecified atom stereocenters. The Bertz CT molecular complexity index is 354. The standard InChI is InChI=1S/C10H10BrClF3N/c11-9-5-8(12)2-1-7(9)6-16-4-3-10(13,14)15/h1-2,5,16H,3-4,6H2. The van der Waals surface area contributed by atoms with Crippen LogP contribution in [0.1, 0.15) is 12.0 Å². The highest BCUT2D eigenvalue weighted by Crippen LogP contribution is 2.22. The molecule has 1 nitrogen and oxygen atoms in total. The van der Waals surface area contributed by atoms with Crippen molar-refractivity contribution in [3.05, 3.63) is 33.3 Å². The summed E-state index contributed by atoms with van der Waals surface area (Å²) in [5.41, 5.74) is 0.881.